The second kappa shape index (κ2) is 5.13. The number of hydrogen-bond donors (Lipinski definition) is 2. The standard InChI is InChI=1S/C12H12N4O2/c1-18-11-3-2-8(6-15-11)16-12(17)9-4-5-14-7-10(9)13/h2-7H,13H2,1H3,(H,16,17). The zero-order valence-electron chi connectivity index (χ0n) is 9.75. The third-order valence-corrected chi connectivity index (χ3v) is 2.30. The highest BCUT2D eigenvalue weighted by Crippen LogP contribution is 2.14. The monoisotopic (exact) mass is 244 g/mol. The smallest absolute Gasteiger partial charge is 0.257 e. The molecule has 0 saturated carbocycles. The normalized spacial score (nSPS) is 9.83. The van der Waals surface area contributed by atoms with Crippen molar-refractivity contribution in [3.8, 4) is 5.88 Å². The molecule has 6 nitrogen and oxygen atoms in total. The van der Waals surface area contributed by atoms with Crippen molar-refractivity contribution in [1.82, 2.24) is 9.97 Å². The number of nitrogen functional groups attached to an aromatic ring is 1. The Kier molecular flexibility index (Phi) is 3.38. The summed E-state index contributed by atoms with van der Waals surface area (Å²) < 4.78 is 4.93. The van der Waals surface area contributed by atoms with Gasteiger partial charge in [-0.1, -0.05) is 0 Å². The molecule has 0 atom stereocenters. The number of carbonyl (C=O) groups excluding carboxylic acids is 1. The molecule has 2 aromatic rings. The summed E-state index contributed by atoms with van der Waals surface area (Å²) >= 11 is 0. The highest BCUT2D eigenvalue weighted by Gasteiger charge is 2.09. The highest BCUT2D eigenvalue weighted by atomic mass is 16.5. The van der Waals surface area contributed by atoms with E-state index in [2.05, 4.69) is 15.3 Å². The van der Waals surface area contributed by atoms with Crippen molar-refractivity contribution in [3.63, 3.8) is 0 Å². The molecule has 18 heavy (non-hydrogen) atoms. The molecule has 1 amide bonds. The van der Waals surface area contributed by atoms with Crippen molar-refractivity contribution in [1.29, 1.82) is 0 Å². The minimum Gasteiger partial charge on any atom is -0.481 e. The van der Waals surface area contributed by atoms with E-state index in [4.69, 9.17) is 10.5 Å². The second-order valence-corrected chi connectivity index (χ2v) is 3.51. The zero-order chi connectivity index (χ0) is 13.0. The maximum absolute atomic E-state index is 11.9. The molecule has 0 fully saturated rings. The van der Waals surface area contributed by atoms with E-state index in [9.17, 15) is 4.79 Å². The Bertz CT molecular complexity index is 554. The number of nitrogens with one attached hydrogen (secondary N) is 1. The van der Waals surface area contributed by atoms with Crippen molar-refractivity contribution in [2.45, 2.75) is 0 Å². The largest absolute Gasteiger partial charge is 0.481 e. The van der Waals surface area contributed by atoms with Crippen LogP contribution in [0.4, 0.5) is 11.4 Å². The van der Waals surface area contributed by atoms with Crippen LogP contribution in [0.25, 0.3) is 0 Å². The summed E-state index contributed by atoms with van der Waals surface area (Å²) in [6.45, 7) is 0. The molecule has 0 aliphatic heterocycles. The summed E-state index contributed by atoms with van der Waals surface area (Å²) in [7, 11) is 1.53. The molecule has 0 aliphatic rings. The van der Waals surface area contributed by atoms with Crippen LogP contribution in [0, 0.1) is 0 Å². The predicted octanol–water partition coefficient (Wildman–Crippen LogP) is 1.32. The Balaban J connectivity index is 2.14. The lowest BCUT2D eigenvalue weighted by Crippen LogP contribution is -2.14. The number of pyridine rings is 2. The lowest BCUT2D eigenvalue weighted by atomic mass is 10.2. The molecule has 0 saturated heterocycles. The van der Waals surface area contributed by atoms with Gasteiger partial charge in [0.25, 0.3) is 5.91 Å². The van der Waals surface area contributed by atoms with E-state index >= 15 is 0 Å². The van der Waals surface area contributed by atoms with Gasteiger partial charge in [0.2, 0.25) is 5.88 Å². The minimum absolute atomic E-state index is 0.304. The Morgan fingerprint density at radius 3 is 2.78 bits per heavy atom. The zero-order valence-corrected chi connectivity index (χ0v) is 9.75. The molecular formula is C12H12N4O2. The maximum atomic E-state index is 11.9. The molecule has 2 rings (SSSR count). The number of hydrogen-bond acceptors (Lipinski definition) is 5. The van der Waals surface area contributed by atoms with Crippen LogP contribution in [0.3, 0.4) is 0 Å². The molecule has 3 N–H and O–H groups in total. The highest BCUT2D eigenvalue weighted by molar-refractivity contribution is 6.07. The van der Waals surface area contributed by atoms with Gasteiger partial charge in [-0.2, -0.15) is 0 Å². The molecule has 6 heteroatoms. The Morgan fingerprint density at radius 2 is 2.17 bits per heavy atom. The Labute approximate surface area is 104 Å². The lowest BCUT2D eigenvalue weighted by molar-refractivity contribution is 0.102. The number of amides is 1. The number of nitrogens with two attached hydrogens (primary N) is 1. The van der Waals surface area contributed by atoms with Crippen LogP contribution in [-0.4, -0.2) is 23.0 Å². The van der Waals surface area contributed by atoms with Gasteiger partial charge in [0.1, 0.15) is 0 Å². The summed E-state index contributed by atoms with van der Waals surface area (Å²) in [5.74, 6) is 0.179. The third-order valence-electron chi connectivity index (χ3n) is 2.30. The van der Waals surface area contributed by atoms with Crippen molar-refractivity contribution < 1.29 is 9.53 Å². The van der Waals surface area contributed by atoms with Gasteiger partial charge >= 0.3 is 0 Å². The fraction of sp³-hybridized carbons (Fsp3) is 0.0833. The van der Waals surface area contributed by atoms with Crippen LogP contribution < -0.4 is 15.8 Å². The lowest BCUT2D eigenvalue weighted by Gasteiger charge is -2.07. The predicted molar refractivity (Wildman–Crippen MR) is 67.4 cm³/mol. The van der Waals surface area contributed by atoms with Crippen molar-refractivity contribution >= 4 is 17.3 Å². The van der Waals surface area contributed by atoms with Crippen LogP contribution in [0.15, 0.2) is 36.8 Å². The van der Waals surface area contributed by atoms with Crippen LogP contribution in [0.2, 0.25) is 0 Å². The van der Waals surface area contributed by atoms with Gasteiger partial charge in [-0.3, -0.25) is 9.78 Å². The maximum Gasteiger partial charge on any atom is 0.257 e. The molecule has 0 aromatic carbocycles. The van der Waals surface area contributed by atoms with Gasteiger partial charge in [0, 0.05) is 12.3 Å². The number of ether oxygens (including phenoxy) is 1. The van der Waals surface area contributed by atoms with Gasteiger partial charge in [-0.15, -0.1) is 0 Å². The van der Waals surface area contributed by atoms with Gasteiger partial charge in [-0.05, 0) is 12.1 Å². The van der Waals surface area contributed by atoms with E-state index in [-0.39, 0.29) is 5.91 Å². The average Bonchev–Trinajstić information content (AvgIpc) is 2.40. The van der Waals surface area contributed by atoms with Crippen molar-refractivity contribution in [3.05, 3.63) is 42.4 Å². The van der Waals surface area contributed by atoms with E-state index < -0.39 is 0 Å². The number of anilines is 2. The number of carbonyl (C=O) groups is 1. The molecule has 0 radical (unpaired) electrons. The van der Waals surface area contributed by atoms with Crippen molar-refractivity contribution in [2.75, 3.05) is 18.2 Å². The summed E-state index contributed by atoms with van der Waals surface area (Å²) in [4.78, 5) is 19.7. The van der Waals surface area contributed by atoms with Crippen LogP contribution >= 0.6 is 0 Å². The second-order valence-electron chi connectivity index (χ2n) is 3.51. The van der Waals surface area contributed by atoms with Crippen LogP contribution in [0.1, 0.15) is 10.4 Å². The van der Waals surface area contributed by atoms with E-state index in [1.807, 2.05) is 0 Å². The molecule has 2 heterocycles. The van der Waals surface area contributed by atoms with Gasteiger partial charge < -0.3 is 15.8 Å². The summed E-state index contributed by atoms with van der Waals surface area (Å²) in [5, 5.41) is 2.69. The Morgan fingerprint density at radius 1 is 1.33 bits per heavy atom. The summed E-state index contributed by atoms with van der Waals surface area (Å²) in [6.07, 6.45) is 4.45. The number of rotatable bonds is 3. The van der Waals surface area contributed by atoms with E-state index in [1.165, 1.54) is 25.7 Å². The van der Waals surface area contributed by atoms with Gasteiger partial charge in [0.05, 0.1) is 36.4 Å². The first-order valence-corrected chi connectivity index (χ1v) is 5.21. The van der Waals surface area contributed by atoms with Gasteiger partial charge in [0.15, 0.2) is 0 Å². The SMILES string of the molecule is COc1ccc(NC(=O)c2ccncc2N)cn1. The number of nitrogens with zero attached hydrogens (tertiary/aromatic N) is 2. The van der Waals surface area contributed by atoms with Gasteiger partial charge in [-0.25, -0.2) is 4.98 Å². The average molecular weight is 244 g/mol. The number of aromatic nitrogens is 2. The summed E-state index contributed by atoms with van der Waals surface area (Å²) in [6, 6.07) is 4.91. The minimum atomic E-state index is -0.304. The van der Waals surface area contributed by atoms with E-state index in [0.717, 1.165) is 0 Å². The molecule has 2 aromatic heterocycles. The van der Waals surface area contributed by atoms with E-state index in [1.54, 1.807) is 18.2 Å². The Hall–Kier alpha value is -2.63. The quantitative estimate of drug-likeness (QED) is 0.849. The first-order valence-electron chi connectivity index (χ1n) is 5.21. The van der Waals surface area contributed by atoms with Crippen LogP contribution in [-0.2, 0) is 0 Å². The molecular weight excluding hydrogens is 232 g/mol. The van der Waals surface area contributed by atoms with Crippen molar-refractivity contribution in [2.24, 2.45) is 0 Å². The third kappa shape index (κ3) is 2.54. The number of methoxy groups -OCH3 is 1. The first-order chi connectivity index (χ1) is 8.70. The fourth-order valence-corrected chi connectivity index (χ4v) is 1.39. The first kappa shape index (κ1) is 11.8. The molecule has 92 valence electrons. The topological polar surface area (TPSA) is 90.1 Å². The molecule has 0 unspecified atom stereocenters. The molecule has 0 aliphatic carbocycles. The molecule has 0 spiro atoms. The summed E-state index contributed by atoms with van der Waals surface area (Å²) in [5.41, 5.74) is 6.93. The molecule has 0 bridgehead atoms. The fourth-order valence-electron chi connectivity index (χ4n) is 1.39. The van der Waals surface area contributed by atoms with Crippen LogP contribution in [0.5, 0.6) is 5.88 Å². The van der Waals surface area contributed by atoms with E-state index in [0.29, 0.717) is 22.8 Å².